The van der Waals surface area contributed by atoms with E-state index in [0.717, 1.165) is 21.9 Å². The summed E-state index contributed by atoms with van der Waals surface area (Å²) in [5, 5.41) is 11.1. The normalized spacial score (nSPS) is 23.5. The van der Waals surface area contributed by atoms with Crippen LogP contribution in [-0.4, -0.2) is 27.5 Å². The number of aliphatic hydroxyl groups is 1. The number of rotatable bonds is 2. The molecule has 126 valence electrons. The fraction of sp³-hybridized carbons (Fsp3) is 0.250. The molecule has 3 unspecified atom stereocenters. The summed E-state index contributed by atoms with van der Waals surface area (Å²) in [5.41, 5.74) is 4.41. The van der Waals surface area contributed by atoms with Gasteiger partial charge in [0, 0.05) is 21.9 Å². The summed E-state index contributed by atoms with van der Waals surface area (Å²) in [5.74, 6) is 0.747. The van der Waals surface area contributed by atoms with Crippen LogP contribution in [0, 0.1) is 5.92 Å². The lowest BCUT2D eigenvalue weighted by Gasteiger charge is -2.35. The molecule has 1 N–H and O–H groups in total. The molecule has 0 bridgehead atoms. The number of hydrogen-bond acceptors (Lipinski definition) is 4. The van der Waals surface area contributed by atoms with Crippen molar-refractivity contribution in [1.29, 1.82) is 0 Å². The summed E-state index contributed by atoms with van der Waals surface area (Å²) in [7, 11) is 0. The van der Waals surface area contributed by atoms with Crippen LogP contribution in [0.3, 0.4) is 0 Å². The summed E-state index contributed by atoms with van der Waals surface area (Å²) >= 11 is 1.68. The Morgan fingerprint density at radius 3 is 2.96 bits per heavy atom. The lowest BCUT2D eigenvalue weighted by atomic mass is 9.84. The third-order valence-electron chi connectivity index (χ3n) is 5.30. The minimum Gasteiger partial charge on any atom is -0.493 e. The van der Waals surface area contributed by atoms with E-state index in [2.05, 4.69) is 27.8 Å². The second-order valence-corrected chi connectivity index (χ2v) is 7.42. The number of benzene rings is 2. The molecule has 0 aliphatic carbocycles. The molecule has 0 amide bonds. The van der Waals surface area contributed by atoms with Gasteiger partial charge in [-0.2, -0.15) is 0 Å². The largest absolute Gasteiger partial charge is 0.493 e. The highest BCUT2D eigenvalue weighted by Gasteiger charge is 2.41. The Kier molecular flexibility index (Phi) is 3.40. The van der Waals surface area contributed by atoms with Gasteiger partial charge in [-0.1, -0.05) is 30.3 Å². The van der Waals surface area contributed by atoms with Gasteiger partial charge in [-0.15, -0.1) is 11.8 Å². The maximum absolute atomic E-state index is 11.1. The number of aliphatic hydroxyl groups excluding tert-OH is 1. The Hall–Kier alpha value is -2.24. The molecule has 4 nitrogen and oxygen atoms in total. The number of ether oxygens (including phenoxy) is 1. The van der Waals surface area contributed by atoms with E-state index in [0.29, 0.717) is 6.61 Å². The van der Waals surface area contributed by atoms with E-state index in [1.54, 1.807) is 11.8 Å². The predicted octanol–water partition coefficient (Wildman–Crippen LogP) is 3.92. The highest BCUT2D eigenvalue weighted by molar-refractivity contribution is 7.98. The lowest BCUT2D eigenvalue weighted by Crippen LogP contribution is -2.33. The summed E-state index contributed by atoms with van der Waals surface area (Å²) in [6.45, 7) is 0.489. The summed E-state index contributed by atoms with van der Waals surface area (Å²) in [4.78, 5) is 5.46. The first-order valence-electron chi connectivity index (χ1n) is 8.38. The fourth-order valence-corrected chi connectivity index (χ4v) is 4.52. The Morgan fingerprint density at radius 2 is 2.08 bits per heavy atom. The molecule has 3 aromatic rings. The van der Waals surface area contributed by atoms with Gasteiger partial charge < -0.3 is 14.4 Å². The van der Waals surface area contributed by atoms with Crippen LogP contribution in [0.25, 0.3) is 11.3 Å². The van der Waals surface area contributed by atoms with Crippen LogP contribution < -0.4 is 4.74 Å². The average Bonchev–Trinajstić information content (AvgIpc) is 3.23. The molecule has 3 heterocycles. The molecule has 0 fully saturated rings. The Labute approximate surface area is 150 Å². The monoisotopic (exact) mass is 350 g/mol. The quantitative estimate of drug-likeness (QED) is 0.712. The molecule has 2 aliphatic rings. The number of thioether (sulfide) groups is 1. The zero-order valence-corrected chi connectivity index (χ0v) is 14.6. The van der Waals surface area contributed by atoms with Gasteiger partial charge in [-0.3, -0.25) is 0 Å². The van der Waals surface area contributed by atoms with E-state index in [-0.39, 0.29) is 12.0 Å². The Morgan fingerprint density at radius 1 is 1.20 bits per heavy atom. The molecular formula is C20H18N2O2S. The van der Waals surface area contributed by atoms with Crippen LogP contribution in [0.5, 0.6) is 5.75 Å². The van der Waals surface area contributed by atoms with Crippen molar-refractivity contribution in [2.45, 2.75) is 17.0 Å². The van der Waals surface area contributed by atoms with Crippen molar-refractivity contribution >= 4 is 11.8 Å². The molecule has 5 rings (SSSR count). The molecule has 3 atom stereocenters. The molecule has 1 aromatic heterocycles. The van der Waals surface area contributed by atoms with E-state index in [9.17, 15) is 5.11 Å². The summed E-state index contributed by atoms with van der Waals surface area (Å²) in [6, 6.07) is 14.5. The maximum atomic E-state index is 11.1. The third-order valence-corrected chi connectivity index (χ3v) is 6.03. The molecule has 5 heteroatoms. The fourth-order valence-electron chi connectivity index (χ4n) is 4.09. The van der Waals surface area contributed by atoms with E-state index in [4.69, 9.17) is 4.74 Å². The van der Waals surface area contributed by atoms with Gasteiger partial charge in [0.1, 0.15) is 5.75 Å². The van der Waals surface area contributed by atoms with Gasteiger partial charge >= 0.3 is 0 Å². The second kappa shape index (κ2) is 5.64. The first-order valence-corrected chi connectivity index (χ1v) is 9.60. The molecule has 0 radical (unpaired) electrons. The van der Waals surface area contributed by atoms with Gasteiger partial charge in [-0.25, -0.2) is 4.98 Å². The lowest BCUT2D eigenvalue weighted by molar-refractivity contribution is 0.0310. The van der Waals surface area contributed by atoms with E-state index in [1.807, 2.05) is 43.0 Å². The zero-order valence-electron chi connectivity index (χ0n) is 13.8. The number of nitrogens with zero attached hydrogens (tertiary/aromatic N) is 2. The first-order chi connectivity index (χ1) is 12.3. The number of aromatic nitrogens is 2. The van der Waals surface area contributed by atoms with Crippen LogP contribution in [0.4, 0.5) is 0 Å². The van der Waals surface area contributed by atoms with E-state index < -0.39 is 6.10 Å². The molecule has 0 saturated carbocycles. The minimum atomic E-state index is -0.564. The van der Waals surface area contributed by atoms with E-state index >= 15 is 0 Å². The molecule has 25 heavy (non-hydrogen) atoms. The first kappa shape index (κ1) is 15.0. The van der Waals surface area contributed by atoms with Gasteiger partial charge in [0.25, 0.3) is 0 Å². The molecule has 0 saturated heterocycles. The van der Waals surface area contributed by atoms with Gasteiger partial charge in [0.2, 0.25) is 0 Å². The van der Waals surface area contributed by atoms with Crippen LogP contribution in [-0.2, 0) is 0 Å². The van der Waals surface area contributed by atoms with Crippen LogP contribution in [0.2, 0.25) is 0 Å². The van der Waals surface area contributed by atoms with Crippen LogP contribution in [0.1, 0.15) is 23.3 Å². The smallest absolute Gasteiger partial charge is 0.126 e. The number of hydrogen-bond donors (Lipinski definition) is 1. The summed E-state index contributed by atoms with van der Waals surface area (Å²) in [6.07, 6.45) is 5.23. The minimum absolute atomic E-state index is 0.0390. The molecule has 0 spiro atoms. The van der Waals surface area contributed by atoms with Crippen molar-refractivity contribution in [3.05, 3.63) is 66.1 Å². The van der Waals surface area contributed by atoms with Gasteiger partial charge in [0.15, 0.2) is 0 Å². The van der Waals surface area contributed by atoms with Crippen molar-refractivity contribution in [3.63, 3.8) is 0 Å². The van der Waals surface area contributed by atoms with Crippen LogP contribution >= 0.6 is 11.8 Å². The molecule has 2 aliphatic heterocycles. The summed E-state index contributed by atoms with van der Waals surface area (Å²) < 4.78 is 8.23. The predicted molar refractivity (Wildman–Crippen MR) is 98.0 cm³/mol. The Bertz CT molecular complexity index is 952. The standard InChI is InChI=1S/C20H18N2O2S/c1-25-12-6-7-15-18(8-12)24-10-16(20(15)23)19-14-5-3-2-4-13(14)17-9-21-11-22(17)19/h2-9,11,16,19-20,23H,10H2,1H3. The highest BCUT2D eigenvalue weighted by atomic mass is 32.2. The average molecular weight is 350 g/mol. The van der Waals surface area contributed by atoms with Crippen molar-refractivity contribution in [2.24, 2.45) is 5.92 Å². The van der Waals surface area contributed by atoms with Gasteiger partial charge in [-0.05, 0) is 24.0 Å². The van der Waals surface area contributed by atoms with Crippen molar-refractivity contribution in [2.75, 3.05) is 12.9 Å². The topological polar surface area (TPSA) is 47.3 Å². The third kappa shape index (κ3) is 2.16. The second-order valence-electron chi connectivity index (χ2n) is 6.54. The number of fused-ring (bicyclic) bond motifs is 4. The zero-order chi connectivity index (χ0) is 17.0. The SMILES string of the molecule is CSc1ccc2c(c1)OCC(C1c3ccccc3-c3cncn31)C2O. The van der Waals surface area contributed by atoms with Gasteiger partial charge in [0.05, 0.1) is 37.0 Å². The molecular weight excluding hydrogens is 332 g/mol. The highest BCUT2D eigenvalue weighted by Crippen LogP contribution is 2.49. The van der Waals surface area contributed by atoms with Crippen molar-refractivity contribution in [1.82, 2.24) is 9.55 Å². The maximum Gasteiger partial charge on any atom is 0.126 e. The van der Waals surface area contributed by atoms with Crippen molar-refractivity contribution < 1.29 is 9.84 Å². The van der Waals surface area contributed by atoms with Crippen LogP contribution in [0.15, 0.2) is 59.9 Å². The Balaban J connectivity index is 1.58. The van der Waals surface area contributed by atoms with E-state index in [1.165, 1.54) is 11.1 Å². The number of imidazole rings is 1. The van der Waals surface area contributed by atoms with Crippen molar-refractivity contribution in [3.8, 4) is 17.0 Å². The molecule has 2 aromatic carbocycles.